The molecule has 196 valence electrons. The van der Waals surface area contributed by atoms with E-state index in [2.05, 4.69) is 33.2 Å². The fourth-order valence-corrected chi connectivity index (χ4v) is 4.79. The van der Waals surface area contributed by atoms with Crippen LogP contribution in [0.3, 0.4) is 0 Å². The Labute approximate surface area is 221 Å². The van der Waals surface area contributed by atoms with Crippen LogP contribution in [0.1, 0.15) is 36.7 Å². The molecule has 0 radical (unpaired) electrons. The number of nitrogen functional groups attached to an aromatic ring is 1. The summed E-state index contributed by atoms with van der Waals surface area (Å²) in [6.07, 6.45) is 2.42. The van der Waals surface area contributed by atoms with Crippen molar-refractivity contribution in [2.45, 2.75) is 39.3 Å². The molecule has 11 nitrogen and oxygen atoms in total. The zero-order chi connectivity index (χ0) is 26.7. The predicted octanol–water partition coefficient (Wildman–Crippen LogP) is 3.75. The van der Waals surface area contributed by atoms with Crippen molar-refractivity contribution in [3.8, 4) is 11.5 Å². The van der Waals surface area contributed by atoms with E-state index in [4.69, 9.17) is 15.2 Å². The number of unbranched alkanes of at least 4 members (excludes halogenated alkanes) is 1. The van der Waals surface area contributed by atoms with Crippen LogP contribution in [0.4, 0.5) is 5.82 Å². The van der Waals surface area contributed by atoms with Gasteiger partial charge in [0.2, 0.25) is 5.91 Å². The molecule has 0 aliphatic heterocycles. The van der Waals surface area contributed by atoms with Gasteiger partial charge in [-0.25, -0.2) is 14.5 Å². The monoisotopic (exact) mass is 591 g/mol. The number of nitrogens with one attached hydrogen (secondary N) is 1. The third-order valence-corrected chi connectivity index (χ3v) is 6.76. The number of pyridine rings is 1. The van der Waals surface area contributed by atoms with Crippen molar-refractivity contribution in [3.05, 3.63) is 53.3 Å². The van der Waals surface area contributed by atoms with E-state index in [9.17, 15) is 24.3 Å². The molecule has 0 saturated heterocycles. The largest absolute Gasteiger partial charge is 0.524 e. The lowest BCUT2D eigenvalue weighted by Crippen LogP contribution is -2.23. The Morgan fingerprint density at radius 3 is 2.73 bits per heavy atom. The number of amides is 1. The predicted molar refractivity (Wildman–Crippen MR) is 144 cm³/mol. The van der Waals surface area contributed by atoms with Crippen LogP contribution in [0.25, 0.3) is 21.9 Å². The quantitative estimate of drug-likeness (QED) is 0.136. The summed E-state index contributed by atoms with van der Waals surface area (Å²) in [5.41, 5.74) is 9.36. The molecular formula is C24H27BrN5O6P. The zero-order valence-corrected chi connectivity index (χ0v) is 22.5. The summed E-state index contributed by atoms with van der Waals surface area (Å²) in [5, 5.41) is 14.1. The number of hydrogen-bond donors (Lipinski definition) is 5. The van der Waals surface area contributed by atoms with Gasteiger partial charge >= 0.3 is 7.82 Å². The van der Waals surface area contributed by atoms with Gasteiger partial charge in [0.05, 0.1) is 22.9 Å². The molecule has 2 aromatic carbocycles. The minimum absolute atomic E-state index is 0.112. The van der Waals surface area contributed by atoms with E-state index in [0.29, 0.717) is 35.1 Å². The summed E-state index contributed by atoms with van der Waals surface area (Å²) in [5.74, 6) is 0.137. The van der Waals surface area contributed by atoms with E-state index >= 15 is 0 Å². The first kappa shape index (κ1) is 26.9. The number of para-hydroxylation sites is 1. The topological polar surface area (TPSA) is 173 Å². The van der Waals surface area contributed by atoms with E-state index in [1.807, 2.05) is 22.8 Å². The fourth-order valence-electron chi connectivity index (χ4n) is 4.15. The van der Waals surface area contributed by atoms with Crippen LogP contribution in [-0.4, -0.2) is 40.7 Å². The lowest BCUT2D eigenvalue weighted by atomic mass is 10.1. The van der Waals surface area contributed by atoms with Crippen LogP contribution < -0.4 is 15.6 Å². The Balaban J connectivity index is 1.88. The molecule has 0 fully saturated rings. The molecule has 0 bridgehead atoms. The maximum Gasteiger partial charge on any atom is 0.524 e. The number of benzene rings is 2. The Morgan fingerprint density at radius 2 is 2.03 bits per heavy atom. The summed E-state index contributed by atoms with van der Waals surface area (Å²) in [6.45, 7) is 2.50. The molecule has 0 spiro atoms. The number of aromatic hydroxyl groups is 1. The Hall–Kier alpha value is -3.18. The van der Waals surface area contributed by atoms with Crippen molar-refractivity contribution >= 4 is 57.4 Å². The van der Waals surface area contributed by atoms with Gasteiger partial charge in [-0.05, 0) is 24.1 Å². The number of phenols is 1. The number of carbonyl (C=O) groups excluding carboxylic acids is 1. The van der Waals surface area contributed by atoms with E-state index in [1.54, 1.807) is 12.1 Å². The number of rotatable bonds is 10. The second kappa shape index (κ2) is 11.1. The van der Waals surface area contributed by atoms with Gasteiger partial charge in [0.1, 0.15) is 11.3 Å². The van der Waals surface area contributed by atoms with Crippen molar-refractivity contribution in [1.29, 1.82) is 0 Å². The van der Waals surface area contributed by atoms with Gasteiger partial charge in [0.15, 0.2) is 17.3 Å². The molecule has 2 heterocycles. The van der Waals surface area contributed by atoms with Gasteiger partial charge < -0.3 is 25.2 Å². The highest BCUT2D eigenvalue weighted by atomic mass is 79.9. The van der Waals surface area contributed by atoms with Crippen molar-refractivity contribution < 1.29 is 28.8 Å². The van der Waals surface area contributed by atoms with Crippen LogP contribution in [0.2, 0.25) is 0 Å². The lowest BCUT2D eigenvalue weighted by molar-refractivity contribution is -0.118. The normalized spacial score (nSPS) is 11.8. The number of carbonyl (C=O) groups is 1. The molecule has 4 aromatic rings. The molecular weight excluding hydrogens is 565 g/mol. The van der Waals surface area contributed by atoms with Crippen LogP contribution in [0.15, 0.2) is 36.4 Å². The van der Waals surface area contributed by atoms with Crippen molar-refractivity contribution in [2.75, 3.05) is 11.1 Å². The maximum atomic E-state index is 11.6. The lowest BCUT2D eigenvalue weighted by Gasteiger charge is -2.16. The van der Waals surface area contributed by atoms with E-state index in [-0.39, 0.29) is 35.1 Å². The number of halogens is 1. The number of alkyl halides is 1. The highest BCUT2D eigenvalue weighted by molar-refractivity contribution is 9.09. The number of fused-ring (bicyclic) bond motifs is 3. The first-order valence-corrected chi connectivity index (χ1v) is 14.2. The molecule has 37 heavy (non-hydrogen) atoms. The smallest absolute Gasteiger partial charge is 0.504 e. The molecule has 0 aliphatic rings. The Morgan fingerprint density at radius 1 is 1.24 bits per heavy atom. The van der Waals surface area contributed by atoms with Crippen molar-refractivity contribution in [3.63, 3.8) is 0 Å². The van der Waals surface area contributed by atoms with Crippen LogP contribution in [0, 0.1) is 0 Å². The molecule has 4 rings (SSSR count). The number of phenolic OH excluding ortho intramolecular Hbond substituents is 1. The summed E-state index contributed by atoms with van der Waals surface area (Å²) in [6, 6.07) is 10.1. The first-order valence-electron chi connectivity index (χ1n) is 11.6. The molecule has 13 heteroatoms. The first-order chi connectivity index (χ1) is 17.6. The van der Waals surface area contributed by atoms with Gasteiger partial charge in [-0.2, -0.15) is 0 Å². The van der Waals surface area contributed by atoms with Gasteiger partial charge in [-0.1, -0.05) is 53.5 Å². The molecule has 0 aliphatic carbocycles. The molecule has 0 saturated carbocycles. The molecule has 1 amide bonds. The number of imidazole rings is 1. The van der Waals surface area contributed by atoms with E-state index in [0.717, 1.165) is 29.6 Å². The number of aryl methyl sites for hydroxylation is 1. The minimum atomic E-state index is -4.93. The van der Waals surface area contributed by atoms with Gasteiger partial charge in [0, 0.05) is 23.9 Å². The molecule has 0 unspecified atom stereocenters. The molecule has 2 aromatic heterocycles. The van der Waals surface area contributed by atoms with E-state index < -0.39 is 7.82 Å². The zero-order valence-electron chi connectivity index (χ0n) is 20.0. The second-order valence-electron chi connectivity index (χ2n) is 8.52. The molecule has 0 atom stereocenters. The average Bonchev–Trinajstić information content (AvgIpc) is 3.21. The highest BCUT2D eigenvalue weighted by Gasteiger charge is 2.24. The number of phosphoric ester groups is 1. The Bertz CT molecular complexity index is 1520. The Kier molecular flexibility index (Phi) is 8.03. The maximum absolute atomic E-state index is 11.6. The second-order valence-corrected chi connectivity index (χ2v) is 10.2. The molecule has 6 N–H and O–H groups in total. The fraction of sp³-hybridized carbons (Fsp3) is 0.292. The number of nitrogens with zero attached hydrogens (tertiary/aromatic N) is 3. The summed E-state index contributed by atoms with van der Waals surface area (Å²) < 4.78 is 18.3. The van der Waals surface area contributed by atoms with Crippen molar-refractivity contribution in [2.24, 2.45) is 0 Å². The van der Waals surface area contributed by atoms with Crippen LogP contribution in [0.5, 0.6) is 11.5 Å². The number of phosphoric acid groups is 1. The van der Waals surface area contributed by atoms with Gasteiger partial charge in [-0.15, -0.1) is 0 Å². The SMILES string of the molecule is CCCCc1nc2c(N)nc3cc(CNC(=O)CBr)ccc3c2n1Cc1cccc(O)c1OP(=O)(O)O. The number of nitrogens with two attached hydrogens (primary N) is 1. The van der Waals surface area contributed by atoms with Crippen LogP contribution in [-0.2, 0) is 28.9 Å². The van der Waals surface area contributed by atoms with Gasteiger partial charge in [-0.3, -0.25) is 14.6 Å². The average molecular weight is 592 g/mol. The third kappa shape index (κ3) is 6.04. The van der Waals surface area contributed by atoms with Crippen LogP contribution >= 0.6 is 23.8 Å². The van der Waals surface area contributed by atoms with E-state index in [1.165, 1.54) is 6.07 Å². The minimum Gasteiger partial charge on any atom is -0.504 e. The summed E-state index contributed by atoms with van der Waals surface area (Å²) in [7, 11) is -4.93. The third-order valence-electron chi connectivity index (χ3n) is 5.83. The number of anilines is 1. The van der Waals surface area contributed by atoms with Crippen molar-refractivity contribution in [1.82, 2.24) is 19.9 Å². The summed E-state index contributed by atoms with van der Waals surface area (Å²) >= 11 is 3.13. The van der Waals surface area contributed by atoms with Gasteiger partial charge in [0.25, 0.3) is 0 Å². The highest BCUT2D eigenvalue weighted by Crippen LogP contribution is 2.44. The summed E-state index contributed by atoms with van der Waals surface area (Å²) in [4.78, 5) is 39.7. The number of aromatic nitrogens is 3. The standard InChI is InChI=1S/C24H27BrN5O6P/c1-2-3-7-19-29-21-22(30(19)13-15-5-4-6-18(31)23(15)36-37(33,34)35)16-9-8-14(12-27-20(32)11-25)10-17(16)28-24(21)26/h4-6,8-10,31H,2-3,7,11-13H2,1H3,(H2,26,28)(H,27,32)(H2,33,34,35). The number of hydrogen-bond acceptors (Lipinski definition) is 7.